The molecule has 0 N–H and O–H groups in total. The Kier molecular flexibility index (Phi) is 8.96. The van der Waals surface area contributed by atoms with Crippen molar-refractivity contribution in [2.24, 2.45) is 0 Å². The molecule has 0 aliphatic carbocycles. The zero-order valence-electron chi connectivity index (χ0n) is 20.7. The first kappa shape index (κ1) is 26.5. The van der Waals surface area contributed by atoms with Crippen LogP contribution >= 0.6 is 0 Å². The van der Waals surface area contributed by atoms with Gasteiger partial charge < -0.3 is 23.5 Å². The molecule has 2 aromatic rings. The van der Waals surface area contributed by atoms with Crippen LogP contribution < -0.4 is 4.74 Å². The molecule has 0 bridgehead atoms. The topological polar surface area (TPSA) is 128 Å². The van der Waals surface area contributed by atoms with Crippen LogP contribution in [0, 0.1) is 0 Å². The van der Waals surface area contributed by atoms with E-state index in [1.165, 1.54) is 19.5 Å². The first-order chi connectivity index (χ1) is 16.2. The van der Waals surface area contributed by atoms with Gasteiger partial charge in [0.05, 0.1) is 50.1 Å². The van der Waals surface area contributed by atoms with Crippen LogP contribution in [-0.2, 0) is 29.8 Å². The van der Waals surface area contributed by atoms with Crippen LogP contribution in [0.25, 0.3) is 0 Å². The van der Waals surface area contributed by atoms with Gasteiger partial charge in [-0.25, -0.2) is 18.4 Å². The van der Waals surface area contributed by atoms with E-state index in [9.17, 15) is 8.42 Å². The summed E-state index contributed by atoms with van der Waals surface area (Å²) in [7, 11) is 1.07. The number of hydrogen-bond donors (Lipinski definition) is 0. The maximum atomic E-state index is 13.5. The number of hydrogen-bond acceptors (Lipinski definition) is 10. The van der Waals surface area contributed by atoms with E-state index in [1.54, 1.807) is 28.1 Å². The molecule has 1 aliphatic rings. The van der Waals surface area contributed by atoms with Gasteiger partial charge in [0.15, 0.2) is 21.4 Å². The highest BCUT2D eigenvalue weighted by atomic mass is 32.2. The smallest absolute Gasteiger partial charge is 0.162 e. The summed E-state index contributed by atoms with van der Waals surface area (Å²) < 4.78 is 50.6. The molecular weight excluding hydrogens is 462 g/mol. The minimum Gasteiger partial charge on any atom is -0.494 e. The molecule has 0 spiro atoms. The number of sulfone groups is 1. The third kappa shape index (κ3) is 5.91. The van der Waals surface area contributed by atoms with Crippen molar-refractivity contribution < 1.29 is 27.4 Å². The van der Waals surface area contributed by atoms with Crippen LogP contribution in [-0.4, -0.2) is 79.0 Å². The molecule has 2 aromatic heterocycles. The lowest BCUT2D eigenvalue weighted by Gasteiger charge is -2.24. The van der Waals surface area contributed by atoms with E-state index in [1.807, 2.05) is 11.5 Å². The largest absolute Gasteiger partial charge is 0.494 e. The van der Waals surface area contributed by atoms with Crippen LogP contribution in [0.3, 0.4) is 0 Å². The molecule has 4 atom stereocenters. The molecule has 1 saturated heterocycles. The van der Waals surface area contributed by atoms with Gasteiger partial charge in [-0.1, -0.05) is 6.92 Å². The second-order valence-electron chi connectivity index (χ2n) is 8.70. The van der Waals surface area contributed by atoms with E-state index >= 15 is 0 Å². The Labute approximate surface area is 201 Å². The second-order valence-corrected chi connectivity index (χ2v) is 11.1. The standard InChI is InChI=1S/C22H35N5O6S/c1-14-7-8-19(33-14)22-26-25-20(27(22)17(11-30-4)12-31-5)13-34(28,29)16(3)15(2)21-23-9-18(32-6)10-24-21/h9-10,14-17,19H,7-8,11-13H2,1-6H3/t14-,15+,16+,19-/m1/s1. The Bertz CT molecular complexity index is 1020. The van der Waals surface area contributed by atoms with E-state index in [0.29, 0.717) is 36.4 Å². The van der Waals surface area contributed by atoms with Crippen molar-refractivity contribution in [2.45, 2.75) is 68.8 Å². The van der Waals surface area contributed by atoms with Crippen molar-refractivity contribution in [1.29, 1.82) is 0 Å². The maximum absolute atomic E-state index is 13.5. The van der Waals surface area contributed by atoms with E-state index in [4.69, 9.17) is 18.9 Å². The Morgan fingerprint density at radius 1 is 1.09 bits per heavy atom. The molecule has 3 rings (SSSR count). The monoisotopic (exact) mass is 497 g/mol. The number of aromatic nitrogens is 5. The molecule has 3 heterocycles. The van der Waals surface area contributed by atoms with Crippen molar-refractivity contribution in [3.8, 4) is 5.75 Å². The Morgan fingerprint density at radius 2 is 1.74 bits per heavy atom. The molecule has 1 aliphatic heterocycles. The summed E-state index contributed by atoms with van der Waals surface area (Å²) >= 11 is 0. The van der Waals surface area contributed by atoms with Gasteiger partial charge in [-0.3, -0.25) is 0 Å². The van der Waals surface area contributed by atoms with Gasteiger partial charge in [-0.15, -0.1) is 10.2 Å². The fourth-order valence-electron chi connectivity index (χ4n) is 4.13. The average Bonchev–Trinajstić information content (AvgIpc) is 3.43. The fourth-order valence-corrected chi connectivity index (χ4v) is 5.69. The minimum absolute atomic E-state index is 0.107. The lowest BCUT2D eigenvalue weighted by Crippen LogP contribution is -2.30. The SMILES string of the molecule is COCC(COC)n1c(CS(=O)(=O)[C@@H](C)[C@H](C)c2ncc(OC)cn2)nnc1[C@H]1CC[C@@H](C)O1. The lowest BCUT2D eigenvalue weighted by molar-refractivity contribution is 0.0399. The van der Waals surface area contributed by atoms with Crippen molar-refractivity contribution >= 4 is 9.84 Å². The van der Waals surface area contributed by atoms with Crippen LogP contribution in [0.5, 0.6) is 5.75 Å². The molecule has 34 heavy (non-hydrogen) atoms. The summed E-state index contributed by atoms with van der Waals surface area (Å²) in [6.45, 7) is 6.11. The first-order valence-electron chi connectivity index (χ1n) is 11.4. The zero-order valence-corrected chi connectivity index (χ0v) is 21.5. The van der Waals surface area contributed by atoms with E-state index in [0.717, 1.165) is 12.8 Å². The first-order valence-corrected chi connectivity index (χ1v) is 13.1. The third-order valence-electron chi connectivity index (χ3n) is 6.29. The normalized spacial score (nSPS) is 20.6. The van der Waals surface area contributed by atoms with Gasteiger partial charge in [-0.2, -0.15) is 0 Å². The van der Waals surface area contributed by atoms with Crippen molar-refractivity contribution in [2.75, 3.05) is 34.5 Å². The number of rotatable bonds is 12. The molecule has 0 saturated carbocycles. The molecule has 12 heteroatoms. The summed E-state index contributed by atoms with van der Waals surface area (Å²) in [6, 6.07) is -0.289. The summed E-state index contributed by atoms with van der Waals surface area (Å²) in [4.78, 5) is 8.53. The third-order valence-corrected chi connectivity index (χ3v) is 8.49. The van der Waals surface area contributed by atoms with Gasteiger partial charge in [-0.05, 0) is 26.7 Å². The predicted molar refractivity (Wildman–Crippen MR) is 124 cm³/mol. The quantitative estimate of drug-likeness (QED) is 0.431. The molecular formula is C22H35N5O6S. The average molecular weight is 498 g/mol. The van der Waals surface area contributed by atoms with E-state index in [2.05, 4.69) is 20.2 Å². The lowest BCUT2D eigenvalue weighted by atomic mass is 10.1. The molecule has 0 radical (unpaired) electrons. The van der Waals surface area contributed by atoms with Crippen molar-refractivity contribution in [3.05, 3.63) is 29.9 Å². The highest BCUT2D eigenvalue weighted by molar-refractivity contribution is 7.91. The van der Waals surface area contributed by atoms with Gasteiger partial charge >= 0.3 is 0 Å². The number of ether oxygens (including phenoxy) is 4. The Morgan fingerprint density at radius 3 is 2.26 bits per heavy atom. The second kappa shape index (κ2) is 11.5. The fraction of sp³-hybridized carbons (Fsp3) is 0.727. The molecule has 0 aromatic carbocycles. The molecule has 0 amide bonds. The highest BCUT2D eigenvalue weighted by Gasteiger charge is 2.35. The molecule has 11 nitrogen and oxygen atoms in total. The van der Waals surface area contributed by atoms with Crippen molar-refractivity contribution in [3.63, 3.8) is 0 Å². The van der Waals surface area contributed by atoms with Crippen LogP contribution in [0.1, 0.15) is 69.1 Å². The van der Waals surface area contributed by atoms with Crippen LogP contribution in [0.4, 0.5) is 0 Å². The summed E-state index contributed by atoms with van der Waals surface area (Å²) in [5.74, 6) is 1.18. The zero-order chi connectivity index (χ0) is 24.9. The Balaban J connectivity index is 1.90. The molecule has 190 valence electrons. The Hall–Kier alpha value is -2.15. The minimum atomic E-state index is -3.64. The van der Waals surface area contributed by atoms with E-state index in [-0.39, 0.29) is 24.0 Å². The summed E-state index contributed by atoms with van der Waals surface area (Å²) in [5, 5.41) is 7.90. The van der Waals surface area contributed by atoms with Crippen molar-refractivity contribution in [1.82, 2.24) is 24.7 Å². The number of methoxy groups -OCH3 is 3. The van der Waals surface area contributed by atoms with Gasteiger partial charge in [0.2, 0.25) is 0 Å². The van der Waals surface area contributed by atoms with E-state index < -0.39 is 21.0 Å². The highest BCUT2D eigenvalue weighted by Crippen LogP contribution is 2.34. The molecule has 0 unspecified atom stereocenters. The molecule has 1 fully saturated rings. The maximum Gasteiger partial charge on any atom is 0.162 e. The van der Waals surface area contributed by atoms with Gasteiger partial charge in [0, 0.05) is 20.1 Å². The van der Waals surface area contributed by atoms with Gasteiger partial charge in [0.1, 0.15) is 23.5 Å². The van der Waals surface area contributed by atoms with Crippen LogP contribution in [0.15, 0.2) is 12.4 Å². The summed E-state index contributed by atoms with van der Waals surface area (Å²) in [5.41, 5.74) is 0. The van der Waals surface area contributed by atoms with Crippen LogP contribution in [0.2, 0.25) is 0 Å². The van der Waals surface area contributed by atoms with Gasteiger partial charge in [0.25, 0.3) is 0 Å². The predicted octanol–water partition coefficient (Wildman–Crippen LogP) is 2.26. The number of nitrogens with zero attached hydrogens (tertiary/aromatic N) is 5. The summed E-state index contributed by atoms with van der Waals surface area (Å²) in [6.07, 6.45) is 4.62.